The molecule has 2 rings (SSSR count). The quantitative estimate of drug-likeness (QED) is 0.887. The zero-order valence-corrected chi connectivity index (χ0v) is 13.8. The number of carbonyl (C=O) groups excluding carboxylic acids is 1. The standard InChI is InChI=1S/C15H16BrNO2S/c1-10-3-4-14(11(2)5-10)19-8-15(18)17-7-13-6-12(16)9-20-13/h3-6,9H,7-8H2,1-2H3,(H,17,18). The van der Waals surface area contributed by atoms with E-state index < -0.39 is 0 Å². The summed E-state index contributed by atoms with van der Waals surface area (Å²) >= 11 is 4.99. The Kier molecular flexibility index (Phi) is 5.20. The van der Waals surface area contributed by atoms with Crippen LogP contribution in [0.2, 0.25) is 0 Å². The van der Waals surface area contributed by atoms with Crippen molar-refractivity contribution in [3.05, 3.63) is 50.1 Å². The highest BCUT2D eigenvalue weighted by Gasteiger charge is 2.06. The molecule has 3 nitrogen and oxygen atoms in total. The van der Waals surface area contributed by atoms with Gasteiger partial charge >= 0.3 is 0 Å². The van der Waals surface area contributed by atoms with Gasteiger partial charge in [0.05, 0.1) is 6.54 Å². The van der Waals surface area contributed by atoms with E-state index in [1.807, 2.05) is 43.5 Å². The van der Waals surface area contributed by atoms with Gasteiger partial charge in [0.1, 0.15) is 5.75 Å². The highest BCUT2D eigenvalue weighted by Crippen LogP contribution is 2.20. The Morgan fingerprint density at radius 3 is 2.80 bits per heavy atom. The molecule has 1 aromatic carbocycles. The monoisotopic (exact) mass is 353 g/mol. The summed E-state index contributed by atoms with van der Waals surface area (Å²) in [7, 11) is 0. The van der Waals surface area contributed by atoms with E-state index in [9.17, 15) is 4.79 Å². The highest BCUT2D eigenvalue weighted by atomic mass is 79.9. The van der Waals surface area contributed by atoms with Gasteiger partial charge in [-0.2, -0.15) is 0 Å². The van der Waals surface area contributed by atoms with Gasteiger partial charge in [0, 0.05) is 14.7 Å². The lowest BCUT2D eigenvalue weighted by Crippen LogP contribution is -2.28. The molecule has 0 aliphatic carbocycles. The first-order valence-corrected chi connectivity index (χ1v) is 7.91. The molecule has 106 valence electrons. The first-order chi connectivity index (χ1) is 9.54. The molecule has 0 saturated heterocycles. The maximum Gasteiger partial charge on any atom is 0.258 e. The van der Waals surface area contributed by atoms with Crippen LogP contribution < -0.4 is 10.1 Å². The summed E-state index contributed by atoms with van der Waals surface area (Å²) in [5.74, 6) is 0.638. The lowest BCUT2D eigenvalue weighted by molar-refractivity contribution is -0.123. The maximum atomic E-state index is 11.7. The van der Waals surface area contributed by atoms with Crippen LogP contribution in [0.3, 0.4) is 0 Å². The van der Waals surface area contributed by atoms with E-state index in [1.165, 1.54) is 5.56 Å². The number of ether oxygens (including phenoxy) is 1. The largest absolute Gasteiger partial charge is 0.484 e. The Labute approximate surface area is 131 Å². The molecule has 1 N–H and O–H groups in total. The lowest BCUT2D eigenvalue weighted by Gasteiger charge is -2.09. The molecule has 0 spiro atoms. The highest BCUT2D eigenvalue weighted by molar-refractivity contribution is 9.10. The van der Waals surface area contributed by atoms with Gasteiger partial charge in [-0.05, 0) is 47.5 Å². The fourth-order valence-corrected chi connectivity index (χ4v) is 3.18. The van der Waals surface area contributed by atoms with Crippen molar-refractivity contribution >= 4 is 33.2 Å². The second-order valence-corrected chi connectivity index (χ2v) is 6.48. The fourth-order valence-electron chi connectivity index (χ4n) is 1.79. The van der Waals surface area contributed by atoms with Gasteiger partial charge in [0.25, 0.3) is 5.91 Å². The molecular formula is C15H16BrNO2S. The Morgan fingerprint density at radius 2 is 2.15 bits per heavy atom. The minimum Gasteiger partial charge on any atom is -0.484 e. The Morgan fingerprint density at radius 1 is 1.35 bits per heavy atom. The SMILES string of the molecule is Cc1ccc(OCC(=O)NCc2cc(Br)cs2)c(C)c1. The van der Waals surface area contributed by atoms with Gasteiger partial charge in [-0.25, -0.2) is 0 Å². The van der Waals surface area contributed by atoms with Crippen molar-refractivity contribution in [1.29, 1.82) is 0 Å². The number of amides is 1. The maximum absolute atomic E-state index is 11.7. The topological polar surface area (TPSA) is 38.3 Å². The molecule has 0 aliphatic heterocycles. The number of hydrogen-bond acceptors (Lipinski definition) is 3. The lowest BCUT2D eigenvalue weighted by atomic mass is 10.1. The molecule has 0 atom stereocenters. The molecule has 0 aliphatic rings. The summed E-state index contributed by atoms with van der Waals surface area (Å²) in [6.07, 6.45) is 0. The third-order valence-corrected chi connectivity index (χ3v) is 4.47. The normalized spacial score (nSPS) is 10.3. The number of benzene rings is 1. The minimum absolute atomic E-state index is 0.0381. The molecule has 1 amide bonds. The molecule has 1 heterocycles. The van der Waals surface area contributed by atoms with Gasteiger partial charge in [-0.15, -0.1) is 11.3 Å². The number of rotatable bonds is 5. The third-order valence-electron chi connectivity index (χ3n) is 2.77. The first kappa shape index (κ1) is 15.1. The second-order valence-electron chi connectivity index (χ2n) is 4.57. The van der Waals surface area contributed by atoms with Gasteiger partial charge in [0.2, 0.25) is 0 Å². The molecule has 0 radical (unpaired) electrons. The summed E-state index contributed by atoms with van der Waals surface area (Å²) in [5, 5.41) is 4.83. The van der Waals surface area contributed by atoms with Gasteiger partial charge in [-0.3, -0.25) is 4.79 Å². The van der Waals surface area contributed by atoms with Gasteiger partial charge < -0.3 is 10.1 Å². The number of halogens is 1. The van der Waals surface area contributed by atoms with Crippen LogP contribution in [-0.2, 0) is 11.3 Å². The van der Waals surface area contributed by atoms with E-state index in [2.05, 4.69) is 21.2 Å². The van der Waals surface area contributed by atoms with E-state index in [0.29, 0.717) is 6.54 Å². The van der Waals surface area contributed by atoms with Crippen LogP contribution in [0.1, 0.15) is 16.0 Å². The zero-order valence-electron chi connectivity index (χ0n) is 11.4. The number of hydrogen-bond donors (Lipinski definition) is 1. The third kappa shape index (κ3) is 4.35. The van der Waals surface area contributed by atoms with Crippen LogP contribution in [0.4, 0.5) is 0 Å². The van der Waals surface area contributed by atoms with Gasteiger partial charge in [0.15, 0.2) is 6.61 Å². The summed E-state index contributed by atoms with van der Waals surface area (Å²) < 4.78 is 6.57. The molecule has 1 aromatic heterocycles. The van der Waals surface area contributed by atoms with Crippen LogP contribution in [-0.4, -0.2) is 12.5 Å². The van der Waals surface area contributed by atoms with Crippen molar-refractivity contribution in [2.75, 3.05) is 6.61 Å². The molecular weight excluding hydrogens is 338 g/mol. The van der Waals surface area contributed by atoms with E-state index in [0.717, 1.165) is 20.7 Å². The van der Waals surface area contributed by atoms with Crippen LogP contribution in [0, 0.1) is 13.8 Å². The predicted octanol–water partition coefficient (Wildman–Crippen LogP) is 3.82. The van der Waals surface area contributed by atoms with E-state index in [-0.39, 0.29) is 12.5 Å². The zero-order chi connectivity index (χ0) is 14.5. The summed E-state index contributed by atoms with van der Waals surface area (Å²) in [6.45, 7) is 4.58. The predicted molar refractivity (Wildman–Crippen MR) is 85.3 cm³/mol. The summed E-state index contributed by atoms with van der Waals surface area (Å²) in [5.41, 5.74) is 2.22. The average molecular weight is 354 g/mol. The Bertz CT molecular complexity index is 610. The van der Waals surface area contributed by atoms with E-state index >= 15 is 0 Å². The fraction of sp³-hybridized carbons (Fsp3) is 0.267. The van der Waals surface area contributed by atoms with Crippen molar-refractivity contribution in [1.82, 2.24) is 5.32 Å². The second kappa shape index (κ2) is 6.90. The van der Waals surface area contributed by atoms with Crippen LogP contribution in [0.25, 0.3) is 0 Å². The van der Waals surface area contributed by atoms with Crippen molar-refractivity contribution in [3.63, 3.8) is 0 Å². The molecule has 20 heavy (non-hydrogen) atoms. The summed E-state index contributed by atoms with van der Waals surface area (Å²) in [4.78, 5) is 12.8. The smallest absolute Gasteiger partial charge is 0.258 e. The molecule has 0 fully saturated rings. The Hall–Kier alpha value is -1.33. The average Bonchev–Trinajstić information content (AvgIpc) is 2.81. The first-order valence-electron chi connectivity index (χ1n) is 6.24. The molecule has 2 aromatic rings. The molecule has 5 heteroatoms. The van der Waals surface area contributed by atoms with Gasteiger partial charge in [-0.1, -0.05) is 17.7 Å². The van der Waals surface area contributed by atoms with Crippen LogP contribution in [0.5, 0.6) is 5.75 Å². The Balaban J connectivity index is 1.80. The van der Waals surface area contributed by atoms with Crippen molar-refractivity contribution in [3.8, 4) is 5.75 Å². The number of nitrogens with one attached hydrogen (secondary N) is 1. The number of thiophene rings is 1. The molecule has 0 saturated carbocycles. The molecule has 0 bridgehead atoms. The minimum atomic E-state index is -0.116. The van der Waals surface area contributed by atoms with Crippen molar-refractivity contribution in [2.24, 2.45) is 0 Å². The van der Waals surface area contributed by atoms with Crippen molar-refractivity contribution < 1.29 is 9.53 Å². The van der Waals surface area contributed by atoms with Crippen LogP contribution >= 0.6 is 27.3 Å². The summed E-state index contributed by atoms with van der Waals surface area (Å²) in [6, 6.07) is 7.91. The molecule has 0 unspecified atom stereocenters. The van der Waals surface area contributed by atoms with Crippen molar-refractivity contribution in [2.45, 2.75) is 20.4 Å². The number of aryl methyl sites for hydroxylation is 2. The van der Waals surface area contributed by atoms with E-state index in [1.54, 1.807) is 11.3 Å². The number of carbonyl (C=O) groups is 1. The van der Waals surface area contributed by atoms with E-state index in [4.69, 9.17) is 4.74 Å². The van der Waals surface area contributed by atoms with Crippen LogP contribution in [0.15, 0.2) is 34.1 Å².